The van der Waals surface area contributed by atoms with E-state index in [1.807, 2.05) is 0 Å². The molecule has 0 bridgehead atoms. The zero-order chi connectivity index (χ0) is 15.6. The molecule has 0 amide bonds. The minimum absolute atomic E-state index is 0.0876. The minimum Gasteiger partial charge on any atom is -0.478 e. The smallest absolute Gasteiger partial charge is 0.335 e. The fraction of sp³-hybridized carbons (Fsp3) is 0. The maximum absolute atomic E-state index is 13.7. The molecule has 2 aromatic carbocycles. The van der Waals surface area contributed by atoms with Gasteiger partial charge in [0, 0.05) is 6.07 Å². The topological polar surface area (TPSA) is 89.7 Å². The Morgan fingerprint density at radius 2 is 2.05 bits per heavy atom. The fourth-order valence-electron chi connectivity index (χ4n) is 1.57. The number of hydrogen-bond donors (Lipinski definition) is 1. The van der Waals surface area contributed by atoms with Gasteiger partial charge in [0.15, 0.2) is 5.82 Å². The number of rotatable bonds is 4. The number of hydrogen-bond acceptors (Lipinski definition) is 4. The molecule has 0 heterocycles. The second kappa shape index (κ2) is 5.76. The van der Waals surface area contributed by atoms with E-state index in [1.54, 1.807) is 0 Å². The highest BCUT2D eigenvalue weighted by molar-refractivity contribution is 6.32. The van der Waals surface area contributed by atoms with Gasteiger partial charge in [-0.1, -0.05) is 17.7 Å². The van der Waals surface area contributed by atoms with Crippen molar-refractivity contribution in [2.75, 3.05) is 0 Å². The van der Waals surface area contributed by atoms with Gasteiger partial charge in [-0.15, -0.1) is 0 Å². The first-order chi connectivity index (χ1) is 9.90. The Kier molecular flexibility index (Phi) is 4.04. The molecular formula is C13H7ClFNO5. The van der Waals surface area contributed by atoms with Crippen LogP contribution in [0.4, 0.5) is 10.1 Å². The van der Waals surface area contributed by atoms with Crippen LogP contribution in [0.3, 0.4) is 0 Å². The van der Waals surface area contributed by atoms with Crippen molar-refractivity contribution in [1.82, 2.24) is 0 Å². The Bertz CT molecular complexity index is 734. The van der Waals surface area contributed by atoms with Crippen LogP contribution in [0.25, 0.3) is 0 Å². The predicted molar refractivity (Wildman–Crippen MR) is 71.5 cm³/mol. The fourth-order valence-corrected chi connectivity index (χ4v) is 1.79. The number of aromatic carboxylic acids is 1. The molecule has 8 heteroatoms. The quantitative estimate of drug-likeness (QED) is 0.683. The summed E-state index contributed by atoms with van der Waals surface area (Å²) in [5.74, 6) is -2.80. The van der Waals surface area contributed by atoms with Crippen molar-refractivity contribution < 1.29 is 24.0 Å². The third kappa shape index (κ3) is 3.09. The molecule has 108 valence electrons. The van der Waals surface area contributed by atoms with E-state index in [-0.39, 0.29) is 16.3 Å². The molecule has 2 rings (SSSR count). The maximum Gasteiger partial charge on any atom is 0.335 e. The summed E-state index contributed by atoms with van der Waals surface area (Å²) in [5.41, 5.74) is -0.649. The van der Waals surface area contributed by atoms with Crippen LogP contribution in [-0.2, 0) is 0 Å². The molecule has 0 atom stereocenters. The van der Waals surface area contributed by atoms with E-state index < -0.39 is 28.1 Å². The number of nitro benzene ring substituents is 1. The SMILES string of the molecule is O=C(O)c1ccc(Oc2c(F)cccc2[N+](=O)[O-])c(Cl)c1. The summed E-state index contributed by atoms with van der Waals surface area (Å²) < 4.78 is 18.8. The molecule has 0 fully saturated rings. The molecule has 0 aliphatic rings. The van der Waals surface area contributed by atoms with Gasteiger partial charge in [0.25, 0.3) is 0 Å². The van der Waals surface area contributed by atoms with Gasteiger partial charge in [0.1, 0.15) is 5.75 Å². The van der Waals surface area contributed by atoms with E-state index in [0.29, 0.717) is 0 Å². The van der Waals surface area contributed by atoms with E-state index in [4.69, 9.17) is 21.4 Å². The molecule has 0 aliphatic heterocycles. The lowest BCUT2D eigenvalue weighted by Crippen LogP contribution is -1.98. The first kappa shape index (κ1) is 14.7. The predicted octanol–water partition coefficient (Wildman–Crippen LogP) is 3.88. The summed E-state index contributed by atoms with van der Waals surface area (Å²) in [6, 6.07) is 6.75. The number of benzene rings is 2. The lowest BCUT2D eigenvalue weighted by atomic mass is 10.2. The van der Waals surface area contributed by atoms with Gasteiger partial charge in [-0.25, -0.2) is 9.18 Å². The molecule has 1 N–H and O–H groups in total. The number of nitro groups is 1. The second-order valence-corrected chi connectivity index (χ2v) is 4.30. The van der Waals surface area contributed by atoms with Gasteiger partial charge < -0.3 is 9.84 Å². The van der Waals surface area contributed by atoms with Gasteiger partial charge in [-0.2, -0.15) is 0 Å². The van der Waals surface area contributed by atoms with E-state index in [1.165, 1.54) is 18.2 Å². The highest BCUT2D eigenvalue weighted by atomic mass is 35.5. The highest BCUT2D eigenvalue weighted by Gasteiger charge is 2.21. The van der Waals surface area contributed by atoms with E-state index in [2.05, 4.69) is 0 Å². The Morgan fingerprint density at radius 1 is 1.33 bits per heavy atom. The van der Waals surface area contributed by atoms with Crippen LogP contribution in [0.5, 0.6) is 11.5 Å². The highest BCUT2D eigenvalue weighted by Crippen LogP contribution is 2.37. The van der Waals surface area contributed by atoms with Crippen LogP contribution in [0.15, 0.2) is 36.4 Å². The average molecular weight is 312 g/mol. The van der Waals surface area contributed by atoms with Crippen LogP contribution in [0.1, 0.15) is 10.4 Å². The molecule has 2 aromatic rings. The van der Waals surface area contributed by atoms with E-state index in [0.717, 1.165) is 18.2 Å². The Labute approximate surface area is 122 Å². The zero-order valence-electron chi connectivity index (χ0n) is 10.2. The van der Waals surface area contributed by atoms with Crippen molar-refractivity contribution in [3.63, 3.8) is 0 Å². The molecule has 0 saturated carbocycles. The van der Waals surface area contributed by atoms with Crippen molar-refractivity contribution in [1.29, 1.82) is 0 Å². The molecule has 0 radical (unpaired) electrons. The molecule has 6 nitrogen and oxygen atoms in total. The third-order valence-corrected chi connectivity index (χ3v) is 2.83. The summed E-state index contributed by atoms with van der Waals surface area (Å²) in [6.07, 6.45) is 0. The summed E-state index contributed by atoms with van der Waals surface area (Å²) in [7, 11) is 0. The number of para-hydroxylation sites is 1. The van der Waals surface area contributed by atoms with Crippen LogP contribution >= 0.6 is 11.6 Å². The van der Waals surface area contributed by atoms with Crippen LogP contribution < -0.4 is 4.74 Å². The number of ether oxygens (including phenoxy) is 1. The molecular weight excluding hydrogens is 305 g/mol. The summed E-state index contributed by atoms with van der Waals surface area (Å²) in [6.45, 7) is 0. The second-order valence-electron chi connectivity index (χ2n) is 3.90. The van der Waals surface area contributed by atoms with Gasteiger partial charge in [0.05, 0.1) is 15.5 Å². The van der Waals surface area contributed by atoms with E-state index in [9.17, 15) is 19.3 Å². The lowest BCUT2D eigenvalue weighted by Gasteiger charge is -2.09. The van der Waals surface area contributed by atoms with Gasteiger partial charge >= 0.3 is 11.7 Å². The first-order valence-corrected chi connectivity index (χ1v) is 5.91. The van der Waals surface area contributed by atoms with Gasteiger partial charge in [-0.05, 0) is 24.3 Å². The first-order valence-electron chi connectivity index (χ1n) is 5.53. The maximum atomic E-state index is 13.7. The van der Waals surface area contributed by atoms with Crippen LogP contribution in [0.2, 0.25) is 5.02 Å². The monoisotopic (exact) mass is 311 g/mol. The van der Waals surface area contributed by atoms with Crippen molar-refractivity contribution in [3.05, 3.63) is 62.9 Å². The Morgan fingerprint density at radius 3 is 2.62 bits per heavy atom. The van der Waals surface area contributed by atoms with Crippen molar-refractivity contribution in [2.45, 2.75) is 0 Å². The molecule has 0 aliphatic carbocycles. The normalized spacial score (nSPS) is 10.2. The van der Waals surface area contributed by atoms with Gasteiger partial charge in [0.2, 0.25) is 5.75 Å². The minimum atomic E-state index is -1.19. The Hall–Kier alpha value is -2.67. The number of carboxylic acids is 1. The van der Waals surface area contributed by atoms with Crippen LogP contribution in [0, 0.1) is 15.9 Å². The molecule has 21 heavy (non-hydrogen) atoms. The summed E-state index contributed by atoms with van der Waals surface area (Å²) in [4.78, 5) is 20.8. The largest absolute Gasteiger partial charge is 0.478 e. The number of halogens is 2. The molecule has 0 saturated heterocycles. The Balaban J connectivity index is 2.44. The van der Waals surface area contributed by atoms with Crippen molar-refractivity contribution >= 4 is 23.3 Å². The number of carboxylic acid groups (broad SMARTS) is 1. The summed E-state index contributed by atoms with van der Waals surface area (Å²) >= 11 is 5.83. The molecule has 0 unspecified atom stereocenters. The number of carbonyl (C=O) groups is 1. The number of nitrogens with zero attached hydrogens (tertiary/aromatic N) is 1. The van der Waals surface area contributed by atoms with E-state index >= 15 is 0 Å². The molecule has 0 spiro atoms. The molecule has 0 aromatic heterocycles. The third-order valence-electron chi connectivity index (χ3n) is 2.53. The average Bonchev–Trinajstić information content (AvgIpc) is 2.42. The van der Waals surface area contributed by atoms with Crippen molar-refractivity contribution in [2.24, 2.45) is 0 Å². The van der Waals surface area contributed by atoms with Crippen molar-refractivity contribution in [3.8, 4) is 11.5 Å². The van der Waals surface area contributed by atoms with Crippen LogP contribution in [-0.4, -0.2) is 16.0 Å². The summed E-state index contributed by atoms with van der Waals surface area (Å²) in [5, 5.41) is 19.5. The zero-order valence-corrected chi connectivity index (χ0v) is 11.0. The standard InChI is InChI=1S/C13H7ClFNO5/c14-8-6-7(13(17)18)4-5-11(8)21-12-9(15)2-1-3-10(12)16(19)20/h1-6H,(H,17,18). The lowest BCUT2D eigenvalue weighted by molar-refractivity contribution is -0.385. The van der Waals surface area contributed by atoms with Gasteiger partial charge in [-0.3, -0.25) is 10.1 Å².